The molecule has 0 fully saturated rings. The number of hydrogen-bond donors (Lipinski definition) is 0. The molecule has 20 heavy (non-hydrogen) atoms. The quantitative estimate of drug-likeness (QED) is 0.409. The average molecular weight is 282 g/mol. The van der Waals surface area contributed by atoms with E-state index in [1.54, 1.807) is 24.7 Å². The molecule has 1 aliphatic heterocycles. The number of rotatable bonds is 0. The van der Waals surface area contributed by atoms with Crippen LogP contribution in [0.5, 0.6) is 0 Å². The smallest absolute Gasteiger partial charge is 0.273 e. The van der Waals surface area contributed by atoms with Crippen molar-refractivity contribution in [1.29, 1.82) is 0 Å². The van der Waals surface area contributed by atoms with Gasteiger partial charge in [0.1, 0.15) is 0 Å². The number of aromatic nitrogens is 4. The monoisotopic (exact) mass is 282 g/mol. The fourth-order valence-electron chi connectivity index (χ4n) is 2.97. The van der Waals surface area contributed by atoms with Gasteiger partial charge >= 0.3 is 0 Å². The number of nitrogens with zero attached hydrogens (tertiary/aromatic N) is 4. The van der Waals surface area contributed by atoms with Crippen molar-refractivity contribution in [2.24, 2.45) is 6.98 Å². The van der Waals surface area contributed by atoms with Gasteiger partial charge in [0, 0.05) is 41.4 Å². The van der Waals surface area contributed by atoms with Gasteiger partial charge < -0.3 is 4.57 Å². The van der Waals surface area contributed by atoms with Crippen molar-refractivity contribution in [2.75, 3.05) is 0 Å². The minimum atomic E-state index is -2.22. The molecule has 4 nitrogen and oxygen atoms in total. The van der Waals surface area contributed by atoms with Crippen LogP contribution in [-0.4, -0.2) is 14.5 Å². The molecule has 0 unspecified atom stereocenters. The van der Waals surface area contributed by atoms with Gasteiger partial charge in [0.2, 0.25) is 0 Å². The van der Waals surface area contributed by atoms with Gasteiger partial charge in [0.25, 0.3) is 10.5 Å². The van der Waals surface area contributed by atoms with Crippen LogP contribution in [0.1, 0.15) is 9.68 Å². The number of hydrogen-bond acceptors (Lipinski definition) is 3. The predicted octanol–water partition coefficient (Wildman–Crippen LogP) is 2.50. The van der Waals surface area contributed by atoms with Crippen molar-refractivity contribution < 1.29 is 8.68 Å². The van der Waals surface area contributed by atoms with Crippen LogP contribution < -0.4 is 4.57 Å². The SMILES string of the molecule is [2H]C([2H])([2H])n1c2ccncc2c2c1sc1[n+]2Cc2ccncc2-1. The van der Waals surface area contributed by atoms with Crippen LogP contribution >= 0.6 is 11.3 Å². The Balaban J connectivity index is 1.96. The van der Waals surface area contributed by atoms with Crippen LogP contribution in [0.2, 0.25) is 0 Å². The first-order chi connectivity index (χ1) is 11.1. The predicted molar refractivity (Wildman–Crippen MR) is 78.6 cm³/mol. The molecule has 0 bridgehead atoms. The molecule has 0 aliphatic carbocycles. The summed E-state index contributed by atoms with van der Waals surface area (Å²) in [6.07, 6.45) is 7.03. The molecule has 0 amide bonds. The molecule has 1 aliphatic rings. The van der Waals surface area contributed by atoms with Gasteiger partial charge in [0.15, 0.2) is 11.4 Å². The lowest BCUT2D eigenvalue weighted by Gasteiger charge is -1.93. The van der Waals surface area contributed by atoms with Gasteiger partial charge in [-0.1, -0.05) is 0 Å². The molecule has 0 saturated carbocycles. The third kappa shape index (κ3) is 1.10. The molecule has 5 heterocycles. The average Bonchev–Trinajstić information content (AvgIpc) is 3.12. The molecule has 0 spiro atoms. The first kappa shape index (κ1) is 8.11. The zero-order valence-corrected chi connectivity index (χ0v) is 11.2. The van der Waals surface area contributed by atoms with E-state index in [4.69, 9.17) is 4.11 Å². The van der Waals surface area contributed by atoms with Crippen molar-refractivity contribution in [3.63, 3.8) is 0 Å². The number of thiazole rings is 1. The van der Waals surface area contributed by atoms with E-state index in [-0.39, 0.29) is 0 Å². The normalized spacial score (nSPS) is 15.9. The number of pyridine rings is 2. The summed E-state index contributed by atoms with van der Waals surface area (Å²) in [6.45, 7) is -1.49. The lowest BCUT2D eigenvalue weighted by atomic mass is 10.2. The zero-order valence-electron chi connectivity index (χ0n) is 13.4. The second-order valence-electron chi connectivity index (χ2n) is 4.91. The summed E-state index contributed by atoms with van der Waals surface area (Å²) in [4.78, 5) is 9.16. The molecule has 5 heteroatoms. The van der Waals surface area contributed by atoms with E-state index in [0.717, 1.165) is 32.8 Å². The lowest BCUT2D eigenvalue weighted by Crippen LogP contribution is -2.30. The first-order valence-corrected chi connectivity index (χ1v) is 7.12. The highest BCUT2D eigenvalue weighted by atomic mass is 32.1. The number of fused-ring (bicyclic) bond motifs is 7. The third-order valence-electron chi connectivity index (χ3n) is 3.88. The van der Waals surface area contributed by atoms with Crippen LogP contribution in [0.4, 0.5) is 0 Å². The molecule has 96 valence electrons. The Morgan fingerprint density at radius 1 is 1.30 bits per heavy atom. The first-order valence-electron chi connectivity index (χ1n) is 7.80. The summed E-state index contributed by atoms with van der Waals surface area (Å²) >= 11 is 1.51. The van der Waals surface area contributed by atoms with Gasteiger partial charge in [-0.2, -0.15) is 4.57 Å². The van der Waals surface area contributed by atoms with E-state index >= 15 is 0 Å². The van der Waals surface area contributed by atoms with E-state index in [0.29, 0.717) is 5.52 Å². The molecule has 0 saturated heterocycles. The van der Waals surface area contributed by atoms with Crippen LogP contribution in [0, 0.1) is 0 Å². The molecule has 5 rings (SSSR count). The standard InChI is InChI=1S/C15H11N4S/c1-18-12-3-5-17-7-11(12)13-15(18)20-14-10-6-16-4-2-9(10)8-19(13)14/h2-7H,8H2,1H3/q+1/i1D3. The van der Waals surface area contributed by atoms with Gasteiger partial charge in [-0.25, -0.2) is 0 Å². The fraction of sp³-hybridized carbons (Fsp3) is 0.133. The highest BCUT2D eigenvalue weighted by molar-refractivity contribution is 7.21. The molecule has 0 atom stereocenters. The van der Waals surface area contributed by atoms with E-state index in [1.807, 2.05) is 12.3 Å². The Labute approximate surface area is 123 Å². The molecule has 0 radical (unpaired) electrons. The maximum absolute atomic E-state index is 7.91. The van der Waals surface area contributed by atoms with Crippen LogP contribution in [-0.2, 0) is 13.5 Å². The van der Waals surface area contributed by atoms with E-state index < -0.39 is 6.98 Å². The Kier molecular flexibility index (Phi) is 1.39. The second-order valence-corrected chi connectivity index (χ2v) is 5.89. The van der Waals surface area contributed by atoms with Crippen LogP contribution in [0.15, 0.2) is 36.9 Å². The summed E-state index contributed by atoms with van der Waals surface area (Å²) in [7, 11) is 0. The van der Waals surface area contributed by atoms with E-state index in [2.05, 4.69) is 14.5 Å². The van der Waals surface area contributed by atoms with Gasteiger partial charge in [-0.3, -0.25) is 9.97 Å². The highest BCUT2D eigenvalue weighted by Gasteiger charge is 2.34. The van der Waals surface area contributed by atoms with Crippen molar-refractivity contribution >= 4 is 32.6 Å². The highest BCUT2D eigenvalue weighted by Crippen LogP contribution is 2.38. The largest absolute Gasteiger partial charge is 0.330 e. The summed E-state index contributed by atoms with van der Waals surface area (Å²) in [5, 5.41) is 1.93. The van der Waals surface area contributed by atoms with Crippen LogP contribution in [0.25, 0.3) is 31.8 Å². The molecule has 4 aromatic heterocycles. The lowest BCUT2D eigenvalue weighted by molar-refractivity contribution is -0.641. The van der Waals surface area contributed by atoms with Crippen LogP contribution in [0.3, 0.4) is 0 Å². The zero-order chi connectivity index (χ0) is 15.8. The molecule has 4 aromatic rings. The van der Waals surface area contributed by atoms with Gasteiger partial charge in [0.05, 0.1) is 16.5 Å². The summed E-state index contributed by atoms with van der Waals surface area (Å²) in [6, 6.07) is 3.78. The summed E-state index contributed by atoms with van der Waals surface area (Å²) in [5.74, 6) is 0. The van der Waals surface area contributed by atoms with Crippen molar-refractivity contribution in [2.45, 2.75) is 6.54 Å². The molecular formula is C15H11N4S+. The van der Waals surface area contributed by atoms with Gasteiger partial charge in [-0.05, 0) is 23.5 Å². The Morgan fingerprint density at radius 3 is 3.15 bits per heavy atom. The topological polar surface area (TPSA) is 34.6 Å². The Morgan fingerprint density at radius 2 is 2.20 bits per heavy atom. The summed E-state index contributed by atoms with van der Waals surface area (Å²) < 4.78 is 27.4. The Hall–Kier alpha value is -2.27. The summed E-state index contributed by atoms with van der Waals surface area (Å²) in [5.41, 5.74) is 3.95. The van der Waals surface area contributed by atoms with Crippen molar-refractivity contribution in [3.8, 4) is 10.6 Å². The molecule has 0 N–H and O–H groups in total. The maximum atomic E-state index is 7.91. The third-order valence-corrected chi connectivity index (χ3v) is 5.08. The van der Waals surface area contributed by atoms with E-state index in [1.165, 1.54) is 21.5 Å². The van der Waals surface area contributed by atoms with E-state index in [9.17, 15) is 0 Å². The second kappa shape index (κ2) is 3.43. The number of aryl methyl sites for hydroxylation is 1. The minimum Gasteiger partial charge on any atom is -0.330 e. The molecule has 0 aromatic carbocycles. The molecular weight excluding hydrogens is 268 g/mol. The minimum absolute atomic E-state index is 0.700. The Bertz CT molecular complexity index is 1090. The van der Waals surface area contributed by atoms with Gasteiger partial charge in [-0.15, -0.1) is 0 Å². The van der Waals surface area contributed by atoms with Crippen molar-refractivity contribution in [3.05, 3.63) is 42.5 Å². The maximum Gasteiger partial charge on any atom is 0.273 e. The van der Waals surface area contributed by atoms with Crippen molar-refractivity contribution in [1.82, 2.24) is 14.5 Å². The fourth-order valence-corrected chi connectivity index (χ4v) is 4.22.